The largest absolute Gasteiger partial charge is 0.276 e. The van der Waals surface area contributed by atoms with E-state index in [9.17, 15) is 19.2 Å². The number of hydrogen-bond acceptors (Lipinski definition) is 4. The van der Waals surface area contributed by atoms with Crippen LogP contribution in [-0.4, -0.2) is 45.5 Å². The van der Waals surface area contributed by atoms with E-state index in [1.165, 1.54) is 22.0 Å². The Balaban J connectivity index is 1.60. The normalized spacial score (nSPS) is 32.5. The van der Waals surface area contributed by atoms with Gasteiger partial charge in [-0.25, -0.2) is 0 Å². The van der Waals surface area contributed by atoms with Gasteiger partial charge in [0.2, 0.25) is 11.8 Å². The minimum absolute atomic E-state index is 0.132. The second-order valence-electron chi connectivity index (χ2n) is 6.41. The number of amides is 4. The van der Waals surface area contributed by atoms with Gasteiger partial charge in [-0.3, -0.25) is 29.0 Å². The third kappa shape index (κ3) is 2.46. The zero-order chi connectivity index (χ0) is 15.9. The number of carbonyl (C=O) groups excluding carboxylic acids is 4. The summed E-state index contributed by atoms with van der Waals surface area (Å²) in [6, 6.07) is 0. The quantitative estimate of drug-likeness (QED) is 0.724. The molecule has 0 aromatic heterocycles. The Morgan fingerprint density at radius 3 is 2.00 bits per heavy atom. The van der Waals surface area contributed by atoms with E-state index in [0.29, 0.717) is 19.4 Å². The Morgan fingerprint density at radius 2 is 1.50 bits per heavy atom. The van der Waals surface area contributed by atoms with Crippen molar-refractivity contribution in [3.63, 3.8) is 0 Å². The van der Waals surface area contributed by atoms with E-state index in [-0.39, 0.29) is 42.4 Å². The molecule has 0 aromatic carbocycles. The van der Waals surface area contributed by atoms with Crippen molar-refractivity contribution in [2.45, 2.75) is 44.1 Å². The van der Waals surface area contributed by atoms with Crippen molar-refractivity contribution in [3.05, 3.63) is 19.1 Å². The van der Waals surface area contributed by atoms with Crippen molar-refractivity contribution < 1.29 is 19.2 Å². The number of imide groups is 2. The molecule has 1 saturated carbocycles. The smallest absolute Gasteiger partial charge is 0.253 e. The van der Waals surface area contributed by atoms with Gasteiger partial charge in [0.15, 0.2) is 0 Å². The summed E-state index contributed by atoms with van der Waals surface area (Å²) in [6.07, 6.45) is 5.88. The number of hydrogen-bond donors (Lipinski definition) is 0. The Hall–Kier alpha value is -1.98. The lowest BCUT2D eigenvalue weighted by molar-refractivity contribution is -0.145. The van der Waals surface area contributed by atoms with Crippen molar-refractivity contribution >= 4 is 23.6 Å². The van der Waals surface area contributed by atoms with Gasteiger partial charge in [0.05, 0.1) is 5.54 Å². The van der Waals surface area contributed by atoms with Crippen LogP contribution in [0.4, 0.5) is 0 Å². The maximum Gasteiger partial charge on any atom is 0.253 e. The Morgan fingerprint density at radius 1 is 1.00 bits per heavy atom. The summed E-state index contributed by atoms with van der Waals surface area (Å²) in [5.41, 5.74) is -0.654. The highest BCUT2D eigenvalue weighted by Crippen LogP contribution is 2.39. The predicted molar refractivity (Wildman–Crippen MR) is 77.0 cm³/mol. The zero-order valence-corrected chi connectivity index (χ0v) is 12.4. The number of likely N-dealkylation sites (tertiary alicyclic amines) is 1. The minimum atomic E-state index is -0.654. The second-order valence-corrected chi connectivity index (χ2v) is 6.41. The molecule has 3 rings (SSSR count). The number of rotatable bonds is 3. The first-order chi connectivity index (χ1) is 10.4. The first-order valence-corrected chi connectivity index (χ1v) is 7.65. The summed E-state index contributed by atoms with van der Waals surface area (Å²) < 4.78 is 0. The summed E-state index contributed by atoms with van der Waals surface area (Å²) in [4.78, 5) is 49.6. The molecule has 1 radical (unpaired) electrons. The maximum atomic E-state index is 11.9. The summed E-state index contributed by atoms with van der Waals surface area (Å²) >= 11 is 0. The lowest BCUT2D eigenvalue weighted by Crippen LogP contribution is -2.52. The van der Waals surface area contributed by atoms with Gasteiger partial charge in [-0.1, -0.05) is 0 Å². The highest BCUT2D eigenvalue weighted by Gasteiger charge is 2.45. The van der Waals surface area contributed by atoms with Crippen molar-refractivity contribution in [3.8, 4) is 0 Å². The minimum Gasteiger partial charge on any atom is -0.276 e. The number of nitrogens with zero attached hydrogens (tertiary/aromatic N) is 2. The fourth-order valence-corrected chi connectivity index (χ4v) is 3.60. The van der Waals surface area contributed by atoms with E-state index in [1.54, 1.807) is 0 Å². The van der Waals surface area contributed by atoms with Crippen LogP contribution in [0.1, 0.15) is 38.5 Å². The van der Waals surface area contributed by atoms with Gasteiger partial charge in [-0.05, 0) is 38.5 Å². The fraction of sp³-hybridized carbons (Fsp3) is 0.562. The molecule has 0 spiro atoms. The van der Waals surface area contributed by atoms with Crippen LogP contribution in [0.5, 0.6) is 0 Å². The van der Waals surface area contributed by atoms with Crippen molar-refractivity contribution in [1.29, 1.82) is 0 Å². The average molecular weight is 303 g/mol. The van der Waals surface area contributed by atoms with E-state index in [0.717, 1.165) is 12.8 Å². The maximum absolute atomic E-state index is 11.9. The molecule has 0 aromatic rings. The van der Waals surface area contributed by atoms with Crippen molar-refractivity contribution in [2.75, 3.05) is 6.54 Å². The van der Waals surface area contributed by atoms with Gasteiger partial charge in [-0.2, -0.15) is 0 Å². The van der Waals surface area contributed by atoms with Gasteiger partial charge in [0, 0.05) is 31.5 Å². The summed E-state index contributed by atoms with van der Waals surface area (Å²) in [7, 11) is 0. The molecule has 0 unspecified atom stereocenters. The van der Waals surface area contributed by atoms with E-state index in [1.807, 2.05) is 0 Å². The monoisotopic (exact) mass is 303 g/mol. The van der Waals surface area contributed by atoms with Crippen LogP contribution in [0.3, 0.4) is 0 Å². The molecule has 22 heavy (non-hydrogen) atoms. The van der Waals surface area contributed by atoms with Gasteiger partial charge in [0.25, 0.3) is 11.8 Å². The summed E-state index contributed by atoms with van der Waals surface area (Å²) in [6.45, 7) is 4.54. The third-order valence-electron chi connectivity index (χ3n) is 4.90. The van der Waals surface area contributed by atoms with E-state index in [4.69, 9.17) is 0 Å². The SMILES string of the molecule is [CH2]C1(N2C(=O)CCC2=O)CCC(CN2C(=O)C=CC2=O)CC1. The molecular formula is C16H19N2O4. The van der Waals surface area contributed by atoms with Gasteiger partial charge in [-0.15, -0.1) is 0 Å². The highest BCUT2D eigenvalue weighted by molar-refractivity contribution is 6.12. The number of carbonyl (C=O) groups is 4. The first-order valence-electron chi connectivity index (χ1n) is 7.65. The predicted octanol–water partition coefficient (Wildman–Crippen LogP) is 0.823. The van der Waals surface area contributed by atoms with Crippen LogP contribution < -0.4 is 0 Å². The lowest BCUT2D eigenvalue weighted by Gasteiger charge is -2.43. The molecule has 0 bridgehead atoms. The van der Waals surface area contributed by atoms with E-state index < -0.39 is 5.54 Å². The van der Waals surface area contributed by atoms with E-state index >= 15 is 0 Å². The molecule has 2 heterocycles. The van der Waals surface area contributed by atoms with Gasteiger partial charge < -0.3 is 0 Å². The van der Waals surface area contributed by atoms with Crippen LogP contribution in [0.15, 0.2) is 12.2 Å². The molecule has 1 saturated heterocycles. The molecule has 6 heteroatoms. The Bertz CT molecular complexity index is 539. The third-order valence-corrected chi connectivity index (χ3v) is 4.90. The van der Waals surface area contributed by atoms with E-state index in [2.05, 4.69) is 6.92 Å². The van der Waals surface area contributed by atoms with Crippen LogP contribution >= 0.6 is 0 Å². The Kier molecular flexibility index (Phi) is 3.62. The molecule has 6 nitrogen and oxygen atoms in total. The molecule has 3 aliphatic rings. The van der Waals surface area contributed by atoms with Gasteiger partial charge >= 0.3 is 0 Å². The van der Waals surface area contributed by atoms with Crippen molar-refractivity contribution in [2.24, 2.45) is 5.92 Å². The van der Waals surface area contributed by atoms with Crippen LogP contribution in [0.25, 0.3) is 0 Å². The average Bonchev–Trinajstić information content (AvgIpc) is 2.98. The zero-order valence-electron chi connectivity index (χ0n) is 12.4. The topological polar surface area (TPSA) is 74.8 Å². The molecule has 0 N–H and O–H groups in total. The molecule has 0 atom stereocenters. The van der Waals surface area contributed by atoms with Crippen molar-refractivity contribution in [1.82, 2.24) is 9.80 Å². The molecule has 1 aliphatic carbocycles. The van der Waals surface area contributed by atoms with Gasteiger partial charge in [0.1, 0.15) is 0 Å². The molecule has 117 valence electrons. The fourth-order valence-electron chi connectivity index (χ4n) is 3.60. The Labute approximate surface area is 129 Å². The molecular weight excluding hydrogens is 284 g/mol. The lowest BCUT2D eigenvalue weighted by atomic mass is 9.76. The first kappa shape index (κ1) is 14.9. The van der Waals surface area contributed by atoms with Crippen LogP contribution in [-0.2, 0) is 19.2 Å². The highest BCUT2D eigenvalue weighted by atomic mass is 16.2. The van der Waals surface area contributed by atoms with Crippen LogP contribution in [0, 0.1) is 12.8 Å². The molecule has 2 fully saturated rings. The standard InChI is InChI=1S/C16H19N2O4/c1-16(18-14(21)4-5-15(18)22)8-6-11(7-9-16)10-17-12(19)2-3-13(17)20/h2-3,11H,1,4-10H2. The summed E-state index contributed by atoms with van der Waals surface area (Å²) in [5.74, 6) is -0.585. The molecule has 2 aliphatic heterocycles. The second kappa shape index (κ2) is 5.34. The van der Waals surface area contributed by atoms with Crippen LogP contribution in [0.2, 0.25) is 0 Å². The summed E-state index contributed by atoms with van der Waals surface area (Å²) in [5, 5.41) is 0. The molecule has 4 amide bonds.